The fourth-order valence-corrected chi connectivity index (χ4v) is 6.82. The maximum absolute atomic E-state index is 12.6. The molecule has 4 rings (SSSR count). The van der Waals surface area contributed by atoms with Crippen molar-refractivity contribution in [1.29, 1.82) is 5.26 Å². The van der Waals surface area contributed by atoms with Gasteiger partial charge in [-0.1, -0.05) is 6.92 Å². The number of nitrogens with zero attached hydrogens (tertiary/aromatic N) is 1. The van der Waals surface area contributed by atoms with Gasteiger partial charge < -0.3 is 8.92 Å². The molecule has 0 heterocycles. The number of nitriles is 1. The van der Waals surface area contributed by atoms with E-state index < -0.39 is 10.3 Å². The number of methoxy groups -OCH3 is 1. The SMILES string of the molecule is COCc1c(OS(N)(=O)=O)cc2c(c1CC#N)[C@H]1CC[C@]3(C)C(=O)CC[C@H]3[C@@H]1CC2. The van der Waals surface area contributed by atoms with E-state index in [1.165, 1.54) is 7.11 Å². The van der Waals surface area contributed by atoms with Crippen molar-refractivity contribution in [2.45, 2.75) is 64.4 Å². The number of benzene rings is 1. The predicted octanol–water partition coefficient (Wildman–Crippen LogP) is 2.91. The topological polar surface area (TPSA) is 119 Å². The van der Waals surface area contributed by atoms with Gasteiger partial charge in [-0.3, -0.25) is 4.79 Å². The summed E-state index contributed by atoms with van der Waals surface area (Å²) in [6.07, 6.45) is 5.23. The molecule has 0 radical (unpaired) electrons. The van der Waals surface area contributed by atoms with E-state index in [0.717, 1.165) is 48.8 Å². The van der Waals surface area contributed by atoms with E-state index in [4.69, 9.17) is 14.1 Å². The van der Waals surface area contributed by atoms with Crippen LogP contribution in [0.25, 0.3) is 0 Å². The van der Waals surface area contributed by atoms with Crippen LogP contribution >= 0.6 is 0 Å². The minimum atomic E-state index is -4.20. The van der Waals surface area contributed by atoms with Crippen molar-refractivity contribution in [3.05, 3.63) is 28.3 Å². The number of ketones is 1. The van der Waals surface area contributed by atoms with Crippen molar-refractivity contribution in [2.24, 2.45) is 22.4 Å². The highest BCUT2D eigenvalue weighted by atomic mass is 32.2. The van der Waals surface area contributed by atoms with E-state index in [2.05, 4.69) is 13.0 Å². The number of hydrogen-bond acceptors (Lipinski definition) is 6. The Hall–Kier alpha value is -1.95. The molecule has 3 aliphatic rings. The van der Waals surface area contributed by atoms with Gasteiger partial charge in [0.05, 0.1) is 19.1 Å². The van der Waals surface area contributed by atoms with E-state index in [-0.39, 0.29) is 30.1 Å². The molecule has 7 nitrogen and oxygen atoms in total. The van der Waals surface area contributed by atoms with Crippen molar-refractivity contribution < 1.29 is 22.1 Å². The zero-order chi connectivity index (χ0) is 21.7. The van der Waals surface area contributed by atoms with Gasteiger partial charge in [-0.15, -0.1) is 0 Å². The Kier molecular flexibility index (Phi) is 5.41. The molecule has 0 spiro atoms. The minimum Gasteiger partial charge on any atom is -0.380 e. The van der Waals surface area contributed by atoms with Gasteiger partial charge in [0.2, 0.25) is 0 Å². The van der Waals surface area contributed by atoms with Gasteiger partial charge in [0.15, 0.2) is 0 Å². The summed E-state index contributed by atoms with van der Waals surface area (Å²) < 4.78 is 33.7. The van der Waals surface area contributed by atoms with Crippen LogP contribution < -0.4 is 9.32 Å². The third-order valence-electron chi connectivity index (χ3n) is 7.65. The molecule has 0 bridgehead atoms. The van der Waals surface area contributed by atoms with Gasteiger partial charge >= 0.3 is 10.3 Å². The van der Waals surface area contributed by atoms with Gasteiger partial charge in [0, 0.05) is 24.5 Å². The summed E-state index contributed by atoms with van der Waals surface area (Å²) >= 11 is 0. The van der Waals surface area contributed by atoms with Gasteiger partial charge in [0.25, 0.3) is 0 Å². The molecule has 162 valence electrons. The molecule has 2 saturated carbocycles. The molecule has 0 amide bonds. The average Bonchev–Trinajstić information content (AvgIpc) is 2.98. The Morgan fingerprint density at radius 2 is 2.03 bits per heavy atom. The zero-order valence-electron chi connectivity index (χ0n) is 17.4. The summed E-state index contributed by atoms with van der Waals surface area (Å²) in [5.74, 6) is 1.59. The number of Topliss-reactive ketones (excluding diaryl/α,β-unsaturated/α-hetero) is 1. The molecule has 3 aliphatic carbocycles. The number of rotatable bonds is 5. The number of carbonyl (C=O) groups is 1. The first-order valence-corrected chi connectivity index (χ1v) is 12.0. The average molecular weight is 433 g/mol. The standard InChI is InChI=1S/C22H28N2O5S/c1-22-9-7-15-14(18(22)5-6-20(22)25)4-3-13-11-19(29-30(24,26)27)17(12-28-2)16(8-10-23)21(13)15/h11,14-15,18H,3-9,12H2,1-2H3,(H2,24,26,27)/t14-,15+,18+,22+/m1/s1. The lowest BCUT2D eigenvalue weighted by molar-refractivity contribution is -0.129. The van der Waals surface area contributed by atoms with Crippen LogP contribution in [0.3, 0.4) is 0 Å². The highest BCUT2D eigenvalue weighted by molar-refractivity contribution is 7.84. The summed E-state index contributed by atoms with van der Waals surface area (Å²) in [5, 5.41) is 14.7. The molecule has 0 saturated heterocycles. The summed E-state index contributed by atoms with van der Waals surface area (Å²) in [4.78, 5) is 12.6. The van der Waals surface area contributed by atoms with Gasteiger partial charge in [-0.05, 0) is 72.6 Å². The summed E-state index contributed by atoms with van der Waals surface area (Å²) in [6.45, 7) is 2.26. The first-order chi connectivity index (χ1) is 14.2. The maximum atomic E-state index is 12.6. The highest BCUT2D eigenvalue weighted by Gasteiger charge is 2.55. The molecule has 2 N–H and O–H groups in total. The molecule has 0 unspecified atom stereocenters. The number of carbonyl (C=O) groups excluding carboxylic acids is 1. The van der Waals surface area contributed by atoms with Crippen molar-refractivity contribution in [1.82, 2.24) is 0 Å². The quantitative estimate of drug-likeness (QED) is 0.764. The molecule has 1 aromatic rings. The van der Waals surface area contributed by atoms with E-state index in [9.17, 15) is 18.5 Å². The van der Waals surface area contributed by atoms with E-state index in [0.29, 0.717) is 29.6 Å². The number of nitrogens with two attached hydrogens (primary N) is 1. The van der Waals surface area contributed by atoms with Crippen molar-refractivity contribution in [3.63, 3.8) is 0 Å². The Bertz CT molecular complexity index is 1030. The van der Waals surface area contributed by atoms with Crippen LogP contribution in [0.5, 0.6) is 5.75 Å². The summed E-state index contributed by atoms with van der Waals surface area (Å²) in [6, 6.07) is 4.00. The second-order valence-electron chi connectivity index (χ2n) is 9.08. The Labute approximate surface area is 177 Å². The largest absolute Gasteiger partial charge is 0.380 e. The lowest BCUT2D eigenvalue weighted by atomic mass is 9.55. The molecule has 8 heteroatoms. The fraction of sp³-hybridized carbons (Fsp3) is 0.636. The second kappa shape index (κ2) is 7.63. The Morgan fingerprint density at radius 1 is 1.27 bits per heavy atom. The van der Waals surface area contributed by atoms with Crippen LogP contribution in [-0.4, -0.2) is 21.3 Å². The lowest BCUT2D eigenvalue weighted by Gasteiger charge is -2.49. The Balaban J connectivity index is 1.85. The predicted molar refractivity (Wildman–Crippen MR) is 110 cm³/mol. The first-order valence-electron chi connectivity index (χ1n) is 10.5. The first kappa shape index (κ1) is 21.3. The van der Waals surface area contributed by atoms with Crippen LogP contribution in [0.15, 0.2) is 6.07 Å². The van der Waals surface area contributed by atoms with Crippen molar-refractivity contribution >= 4 is 16.1 Å². The second-order valence-corrected chi connectivity index (χ2v) is 10.2. The molecular formula is C22H28N2O5S. The normalized spacial score (nSPS) is 30.2. The molecular weight excluding hydrogens is 404 g/mol. The monoisotopic (exact) mass is 432 g/mol. The van der Waals surface area contributed by atoms with Gasteiger partial charge in [-0.2, -0.15) is 18.8 Å². The number of ether oxygens (including phenoxy) is 1. The van der Waals surface area contributed by atoms with Crippen molar-refractivity contribution in [3.8, 4) is 11.8 Å². The lowest BCUT2D eigenvalue weighted by Crippen LogP contribution is -2.42. The molecule has 0 aliphatic heterocycles. The number of fused-ring (bicyclic) bond motifs is 5. The van der Waals surface area contributed by atoms with Crippen LogP contribution in [0, 0.1) is 28.6 Å². The van der Waals surface area contributed by atoms with E-state index in [1.807, 2.05) is 0 Å². The highest BCUT2D eigenvalue weighted by Crippen LogP contribution is 2.60. The maximum Gasteiger partial charge on any atom is 0.380 e. The third-order valence-corrected chi connectivity index (χ3v) is 8.06. The Morgan fingerprint density at radius 3 is 2.70 bits per heavy atom. The molecule has 2 fully saturated rings. The molecule has 1 aromatic carbocycles. The van der Waals surface area contributed by atoms with E-state index in [1.54, 1.807) is 6.07 Å². The van der Waals surface area contributed by atoms with Crippen LogP contribution in [0.1, 0.15) is 67.2 Å². The number of aryl methyl sites for hydroxylation is 1. The van der Waals surface area contributed by atoms with Crippen LogP contribution in [0.4, 0.5) is 0 Å². The fourth-order valence-electron chi connectivity index (χ4n) is 6.42. The van der Waals surface area contributed by atoms with Gasteiger partial charge in [-0.25, -0.2) is 0 Å². The summed E-state index contributed by atoms with van der Waals surface area (Å²) in [5.41, 5.74) is 3.32. The molecule has 4 atom stereocenters. The molecule has 30 heavy (non-hydrogen) atoms. The van der Waals surface area contributed by atoms with Crippen LogP contribution in [0.2, 0.25) is 0 Å². The van der Waals surface area contributed by atoms with E-state index >= 15 is 0 Å². The van der Waals surface area contributed by atoms with Crippen LogP contribution in [-0.2, 0) is 39.3 Å². The number of hydrogen-bond donors (Lipinski definition) is 1. The van der Waals surface area contributed by atoms with Gasteiger partial charge in [0.1, 0.15) is 11.5 Å². The summed E-state index contributed by atoms with van der Waals surface area (Å²) in [7, 11) is -2.68. The zero-order valence-corrected chi connectivity index (χ0v) is 18.3. The molecule has 0 aromatic heterocycles. The third kappa shape index (κ3) is 3.43. The minimum absolute atomic E-state index is 0.131. The smallest absolute Gasteiger partial charge is 0.380 e. The van der Waals surface area contributed by atoms with Crippen molar-refractivity contribution in [2.75, 3.05) is 7.11 Å².